The van der Waals surface area contributed by atoms with Crippen molar-refractivity contribution in [3.05, 3.63) is 47.1 Å². The molecule has 6 nitrogen and oxygen atoms in total. The zero-order valence-electron chi connectivity index (χ0n) is 17.3. The zero-order chi connectivity index (χ0) is 22.6. The monoisotopic (exact) mass is 443 g/mol. The molecule has 0 bridgehead atoms. The van der Waals surface area contributed by atoms with E-state index >= 15 is 0 Å². The molecular formula is C21H25F4N3O3. The first kappa shape index (κ1) is 23.1. The van der Waals surface area contributed by atoms with Crippen LogP contribution < -0.4 is 10.1 Å². The second-order valence-corrected chi connectivity index (χ2v) is 8.00. The molecule has 1 saturated heterocycles. The predicted octanol–water partition coefficient (Wildman–Crippen LogP) is 4.13. The molecule has 1 N–H and O–H groups in total. The van der Waals surface area contributed by atoms with Gasteiger partial charge in [-0.2, -0.15) is 0 Å². The molecule has 170 valence electrons. The Morgan fingerprint density at radius 3 is 2.77 bits per heavy atom. The second kappa shape index (κ2) is 9.67. The number of hydrogen-bond donors (Lipinski definition) is 1. The van der Waals surface area contributed by atoms with Crippen LogP contribution >= 0.6 is 0 Å². The third-order valence-corrected chi connectivity index (χ3v) is 5.20. The summed E-state index contributed by atoms with van der Waals surface area (Å²) in [4.78, 5) is 14.4. The van der Waals surface area contributed by atoms with Crippen LogP contribution in [-0.4, -0.2) is 48.5 Å². The van der Waals surface area contributed by atoms with E-state index < -0.39 is 17.9 Å². The normalized spacial score (nSPS) is 17.3. The van der Waals surface area contributed by atoms with Crippen molar-refractivity contribution in [1.82, 2.24) is 15.4 Å². The molecule has 31 heavy (non-hydrogen) atoms. The topological polar surface area (TPSA) is 67.6 Å². The molecule has 0 aliphatic carbocycles. The van der Waals surface area contributed by atoms with Gasteiger partial charge in [0, 0.05) is 25.7 Å². The van der Waals surface area contributed by atoms with Crippen molar-refractivity contribution in [2.75, 3.05) is 26.2 Å². The van der Waals surface area contributed by atoms with E-state index in [1.54, 1.807) is 6.07 Å². The molecule has 3 rings (SSSR count). The van der Waals surface area contributed by atoms with E-state index in [1.807, 2.05) is 13.8 Å². The fourth-order valence-electron chi connectivity index (χ4n) is 3.47. The molecule has 10 heteroatoms. The van der Waals surface area contributed by atoms with E-state index in [9.17, 15) is 22.4 Å². The minimum atomic E-state index is -4.92. The molecule has 1 aliphatic heterocycles. The maximum Gasteiger partial charge on any atom is 0.573 e. The van der Waals surface area contributed by atoms with E-state index in [-0.39, 0.29) is 23.5 Å². The van der Waals surface area contributed by atoms with E-state index in [0.717, 1.165) is 37.3 Å². The SMILES string of the molecule is CC(C)c1cc(C(=O)NC[C@H]2CCN(CCc3ccc(OC(F)(F)F)c(F)c3)C2)on1. The molecule has 1 fully saturated rings. The van der Waals surface area contributed by atoms with Gasteiger partial charge in [-0.25, -0.2) is 4.39 Å². The fourth-order valence-corrected chi connectivity index (χ4v) is 3.47. The first-order valence-electron chi connectivity index (χ1n) is 10.1. The number of ether oxygens (including phenoxy) is 1. The average molecular weight is 443 g/mol. The Hall–Kier alpha value is -2.62. The van der Waals surface area contributed by atoms with Crippen LogP contribution in [0, 0.1) is 11.7 Å². The van der Waals surface area contributed by atoms with Crippen LogP contribution in [0.5, 0.6) is 5.75 Å². The summed E-state index contributed by atoms with van der Waals surface area (Å²) < 4.78 is 59.2. The number of carbonyl (C=O) groups is 1. The van der Waals surface area contributed by atoms with Gasteiger partial charge >= 0.3 is 6.36 Å². The van der Waals surface area contributed by atoms with E-state index in [4.69, 9.17) is 4.52 Å². The summed E-state index contributed by atoms with van der Waals surface area (Å²) in [6.07, 6.45) is -3.52. The number of nitrogens with zero attached hydrogens (tertiary/aromatic N) is 2. The summed E-state index contributed by atoms with van der Waals surface area (Å²) in [5, 5.41) is 6.74. The highest BCUT2D eigenvalue weighted by molar-refractivity contribution is 5.91. The van der Waals surface area contributed by atoms with Crippen LogP contribution in [0.15, 0.2) is 28.8 Å². The highest BCUT2D eigenvalue weighted by atomic mass is 19.4. The first-order valence-corrected chi connectivity index (χ1v) is 10.1. The molecule has 1 atom stereocenters. The average Bonchev–Trinajstić information content (AvgIpc) is 3.35. The Labute approximate surface area is 177 Å². The minimum Gasteiger partial charge on any atom is -0.403 e. The number of aromatic nitrogens is 1. The van der Waals surface area contributed by atoms with E-state index in [1.165, 1.54) is 6.07 Å². The standard InChI is InChI=1S/C21H25F4N3O3/c1-13(2)17-10-19(31-27-17)20(29)26-11-15-6-8-28(12-15)7-5-14-3-4-18(16(22)9-14)30-21(23,24)25/h3-4,9-10,13,15H,5-8,11-12H2,1-2H3,(H,26,29)/t15-/m1/s1. The van der Waals surface area contributed by atoms with Gasteiger partial charge in [0.15, 0.2) is 11.6 Å². The number of carbonyl (C=O) groups excluding carboxylic acids is 1. The number of benzene rings is 1. The highest BCUT2D eigenvalue weighted by Gasteiger charge is 2.32. The molecule has 1 aromatic carbocycles. The summed E-state index contributed by atoms with van der Waals surface area (Å²) in [7, 11) is 0. The van der Waals surface area contributed by atoms with E-state index in [2.05, 4.69) is 20.1 Å². The maximum atomic E-state index is 13.8. The van der Waals surface area contributed by atoms with Crippen molar-refractivity contribution in [1.29, 1.82) is 0 Å². The first-order chi connectivity index (χ1) is 14.6. The van der Waals surface area contributed by atoms with Crippen LogP contribution in [-0.2, 0) is 6.42 Å². The molecule has 1 aromatic heterocycles. The molecule has 1 aliphatic rings. The lowest BCUT2D eigenvalue weighted by molar-refractivity contribution is -0.275. The number of rotatable bonds is 8. The molecule has 0 radical (unpaired) electrons. The quantitative estimate of drug-likeness (QED) is 0.622. The van der Waals surface area contributed by atoms with Crippen molar-refractivity contribution in [2.24, 2.45) is 5.92 Å². The number of likely N-dealkylation sites (tertiary alicyclic amines) is 1. The van der Waals surface area contributed by atoms with Crippen molar-refractivity contribution in [2.45, 2.75) is 39.0 Å². The Bertz CT molecular complexity index is 898. The Morgan fingerprint density at radius 1 is 1.35 bits per heavy atom. The second-order valence-electron chi connectivity index (χ2n) is 8.00. The summed E-state index contributed by atoms with van der Waals surface area (Å²) in [5.41, 5.74) is 1.32. The minimum absolute atomic E-state index is 0.176. The van der Waals surface area contributed by atoms with Crippen LogP contribution in [0.25, 0.3) is 0 Å². The van der Waals surface area contributed by atoms with Gasteiger partial charge in [-0.1, -0.05) is 25.1 Å². The number of nitrogens with one attached hydrogen (secondary N) is 1. The number of alkyl halides is 3. The Kier molecular flexibility index (Phi) is 7.19. The van der Waals surface area contributed by atoms with Crippen LogP contribution in [0.2, 0.25) is 0 Å². The molecular weight excluding hydrogens is 418 g/mol. The molecule has 1 amide bonds. The van der Waals surface area contributed by atoms with Gasteiger partial charge < -0.3 is 19.5 Å². The van der Waals surface area contributed by atoms with Crippen molar-refractivity contribution in [3.8, 4) is 5.75 Å². The van der Waals surface area contributed by atoms with Gasteiger partial charge in [0.1, 0.15) is 0 Å². The van der Waals surface area contributed by atoms with Crippen molar-refractivity contribution < 1.29 is 31.6 Å². The Balaban J connectivity index is 1.42. The van der Waals surface area contributed by atoms with Gasteiger partial charge in [-0.15, -0.1) is 13.2 Å². The lowest BCUT2D eigenvalue weighted by Gasteiger charge is -2.16. The molecule has 0 saturated carbocycles. The predicted molar refractivity (Wildman–Crippen MR) is 104 cm³/mol. The summed E-state index contributed by atoms with van der Waals surface area (Å²) in [5.74, 6) is -1.52. The highest BCUT2D eigenvalue weighted by Crippen LogP contribution is 2.26. The molecule has 2 heterocycles. The van der Waals surface area contributed by atoms with Crippen LogP contribution in [0.3, 0.4) is 0 Å². The lowest BCUT2D eigenvalue weighted by atomic mass is 10.1. The summed E-state index contributed by atoms with van der Waals surface area (Å²) >= 11 is 0. The smallest absolute Gasteiger partial charge is 0.403 e. The maximum absolute atomic E-state index is 13.8. The van der Waals surface area contributed by atoms with Crippen molar-refractivity contribution >= 4 is 5.91 Å². The zero-order valence-corrected chi connectivity index (χ0v) is 17.3. The Morgan fingerprint density at radius 2 is 2.13 bits per heavy atom. The third-order valence-electron chi connectivity index (χ3n) is 5.20. The summed E-state index contributed by atoms with van der Waals surface area (Å²) in [6, 6.07) is 5.14. The molecule has 0 unspecified atom stereocenters. The fraction of sp³-hybridized carbons (Fsp3) is 0.524. The molecule has 2 aromatic rings. The third kappa shape index (κ3) is 6.68. The van der Waals surface area contributed by atoms with Gasteiger partial charge in [0.05, 0.1) is 5.69 Å². The summed E-state index contributed by atoms with van der Waals surface area (Å²) in [6.45, 7) is 6.68. The lowest BCUT2D eigenvalue weighted by Crippen LogP contribution is -2.31. The number of amides is 1. The van der Waals surface area contributed by atoms with Crippen LogP contribution in [0.1, 0.15) is 48.0 Å². The van der Waals surface area contributed by atoms with Gasteiger partial charge in [-0.05, 0) is 48.9 Å². The van der Waals surface area contributed by atoms with Gasteiger partial charge in [-0.3, -0.25) is 4.79 Å². The number of halogens is 4. The van der Waals surface area contributed by atoms with Gasteiger partial charge in [0.25, 0.3) is 5.91 Å². The van der Waals surface area contributed by atoms with Crippen LogP contribution in [0.4, 0.5) is 17.6 Å². The van der Waals surface area contributed by atoms with Crippen molar-refractivity contribution in [3.63, 3.8) is 0 Å². The van der Waals surface area contributed by atoms with Gasteiger partial charge in [0.2, 0.25) is 5.76 Å². The molecule has 0 spiro atoms. The van der Waals surface area contributed by atoms with E-state index in [0.29, 0.717) is 25.1 Å². The largest absolute Gasteiger partial charge is 0.573 e. The number of hydrogen-bond acceptors (Lipinski definition) is 5.